The van der Waals surface area contributed by atoms with Crippen LogP contribution in [0.2, 0.25) is 0 Å². The lowest BCUT2D eigenvalue weighted by Crippen LogP contribution is -2.12. The van der Waals surface area contributed by atoms with Gasteiger partial charge in [-0.3, -0.25) is 0 Å². The normalized spacial score (nSPS) is 12.8. The molecule has 0 atom stereocenters. The number of hydrogen-bond donors (Lipinski definition) is 1. The number of oxazole rings is 1. The van der Waals surface area contributed by atoms with Gasteiger partial charge in [-0.1, -0.05) is 0 Å². The van der Waals surface area contributed by atoms with Crippen LogP contribution in [0.5, 0.6) is 0 Å². The Hall–Kier alpha value is -1.61. The molecule has 0 fully saturated rings. The zero-order valence-corrected chi connectivity index (χ0v) is 12.4. The molecule has 0 radical (unpaired) electrons. The van der Waals surface area contributed by atoms with Crippen molar-refractivity contribution in [2.24, 2.45) is 0 Å². The number of hydrogen-bond acceptors (Lipinski definition) is 7. The van der Waals surface area contributed by atoms with E-state index in [1.165, 1.54) is 6.07 Å². The minimum Gasteiger partial charge on any atom is -0.428 e. The van der Waals surface area contributed by atoms with Gasteiger partial charge in [0.05, 0.1) is 11.5 Å². The van der Waals surface area contributed by atoms with Crippen molar-refractivity contribution in [1.82, 2.24) is 4.98 Å². The van der Waals surface area contributed by atoms with Gasteiger partial charge in [0.1, 0.15) is 15.4 Å². The highest BCUT2D eigenvalue weighted by molar-refractivity contribution is 7.91. The zero-order valence-electron chi connectivity index (χ0n) is 10.7. The maximum atomic E-state index is 12.0. The Morgan fingerprint density at radius 1 is 1.20 bits per heavy atom. The molecule has 0 aliphatic rings. The molecule has 0 saturated heterocycles. The molecule has 0 aliphatic carbocycles. The summed E-state index contributed by atoms with van der Waals surface area (Å²) in [5.41, 5.74) is 6.68. The van der Waals surface area contributed by atoms with Crippen LogP contribution in [-0.4, -0.2) is 39.6 Å². The standard InChI is InChI=1S/C11H14N2O5S2/c1-19(14,15)5-2-6-20(16,17)11-13-9-4-3-8(12)7-10(9)18-11/h3-4,7H,2,5-6,12H2,1H3. The molecule has 20 heavy (non-hydrogen) atoms. The van der Waals surface area contributed by atoms with E-state index in [4.69, 9.17) is 10.2 Å². The highest BCUT2D eigenvalue weighted by Gasteiger charge is 2.22. The SMILES string of the molecule is CS(=O)(=O)CCCS(=O)(=O)c1nc2ccc(N)cc2o1. The van der Waals surface area contributed by atoms with E-state index in [0.29, 0.717) is 11.2 Å². The third-order valence-corrected chi connectivity index (χ3v) is 5.15. The van der Waals surface area contributed by atoms with Crippen LogP contribution >= 0.6 is 0 Å². The molecule has 0 unspecified atom stereocenters. The van der Waals surface area contributed by atoms with Gasteiger partial charge in [0.2, 0.25) is 9.84 Å². The Labute approximate surface area is 116 Å². The second kappa shape index (κ2) is 5.06. The molecule has 2 N–H and O–H groups in total. The van der Waals surface area contributed by atoms with Crippen LogP contribution in [0, 0.1) is 0 Å². The van der Waals surface area contributed by atoms with Crippen molar-refractivity contribution >= 4 is 36.5 Å². The van der Waals surface area contributed by atoms with Gasteiger partial charge in [-0.2, -0.15) is 4.98 Å². The van der Waals surface area contributed by atoms with Gasteiger partial charge < -0.3 is 10.2 Å². The molecule has 0 saturated carbocycles. The largest absolute Gasteiger partial charge is 0.428 e. The molecule has 7 nitrogen and oxygen atoms in total. The Kier molecular flexibility index (Phi) is 3.74. The Morgan fingerprint density at radius 3 is 2.55 bits per heavy atom. The Balaban J connectivity index is 2.23. The highest BCUT2D eigenvalue weighted by atomic mass is 32.2. The summed E-state index contributed by atoms with van der Waals surface area (Å²) < 4.78 is 51.1. The van der Waals surface area contributed by atoms with E-state index in [9.17, 15) is 16.8 Å². The summed E-state index contributed by atoms with van der Waals surface area (Å²) in [5, 5.41) is -0.411. The summed E-state index contributed by atoms with van der Waals surface area (Å²) in [7, 11) is -6.93. The summed E-state index contributed by atoms with van der Waals surface area (Å²) in [6, 6.07) is 4.63. The second-order valence-electron chi connectivity index (χ2n) is 4.51. The van der Waals surface area contributed by atoms with Crippen molar-refractivity contribution in [1.29, 1.82) is 0 Å². The van der Waals surface area contributed by atoms with Crippen molar-refractivity contribution < 1.29 is 21.3 Å². The molecule has 2 rings (SSSR count). The van der Waals surface area contributed by atoms with Crippen LogP contribution in [0.3, 0.4) is 0 Å². The van der Waals surface area contributed by atoms with Gasteiger partial charge >= 0.3 is 5.22 Å². The van der Waals surface area contributed by atoms with E-state index in [2.05, 4.69) is 4.98 Å². The predicted octanol–water partition coefficient (Wildman–Crippen LogP) is 0.618. The summed E-state index contributed by atoms with van der Waals surface area (Å²) in [5.74, 6) is -0.526. The third kappa shape index (κ3) is 3.48. The van der Waals surface area contributed by atoms with Crippen molar-refractivity contribution in [2.45, 2.75) is 11.6 Å². The molecule has 2 aromatic rings. The first-order valence-corrected chi connectivity index (χ1v) is 9.45. The number of nitrogen functional groups attached to an aromatic ring is 1. The molecule has 0 bridgehead atoms. The van der Waals surface area contributed by atoms with Crippen molar-refractivity contribution in [2.75, 3.05) is 23.5 Å². The van der Waals surface area contributed by atoms with Crippen LogP contribution in [0.15, 0.2) is 27.8 Å². The van der Waals surface area contributed by atoms with E-state index >= 15 is 0 Å². The number of rotatable bonds is 5. The topological polar surface area (TPSA) is 120 Å². The number of aromatic nitrogens is 1. The lowest BCUT2D eigenvalue weighted by molar-refractivity contribution is 0.458. The Morgan fingerprint density at radius 2 is 1.90 bits per heavy atom. The molecule has 1 aromatic heterocycles. The fraction of sp³-hybridized carbons (Fsp3) is 0.364. The average Bonchev–Trinajstić information content (AvgIpc) is 2.70. The Bertz CT molecular complexity index is 837. The molecule has 0 spiro atoms. The second-order valence-corrected chi connectivity index (χ2v) is 8.76. The fourth-order valence-corrected chi connectivity index (χ4v) is 3.66. The number of anilines is 1. The van der Waals surface area contributed by atoms with Crippen molar-refractivity contribution in [3.8, 4) is 0 Å². The summed E-state index contributed by atoms with van der Waals surface area (Å²) in [6.45, 7) is 0. The number of benzene rings is 1. The van der Waals surface area contributed by atoms with E-state index in [-0.39, 0.29) is 23.5 Å². The molecule has 1 aromatic carbocycles. The van der Waals surface area contributed by atoms with E-state index < -0.39 is 24.9 Å². The van der Waals surface area contributed by atoms with Gasteiger partial charge in [0.15, 0.2) is 5.58 Å². The van der Waals surface area contributed by atoms with E-state index in [1.807, 2.05) is 0 Å². The molecular formula is C11H14N2O5S2. The molecule has 110 valence electrons. The first-order chi connectivity index (χ1) is 9.17. The van der Waals surface area contributed by atoms with Crippen LogP contribution in [0.25, 0.3) is 11.1 Å². The van der Waals surface area contributed by atoms with Gasteiger partial charge in [-0.15, -0.1) is 0 Å². The van der Waals surface area contributed by atoms with Crippen LogP contribution in [0.1, 0.15) is 6.42 Å². The fourth-order valence-electron chi connectivity index (χ4n) is 1.65. The van der Waals surface area contributed by atoms with Gasteiger partial charge in [0.25, 0.3) is 0 Å². The highest BCUT2D eigenvalue weighted by Crippen LogP contribution is 2.22. The lowest BCUT2D eigenvalue weighted by atomic mass is 10.3. The minimum absolute atomic E-state index is 0.00201. The summed E-state index contributed by atoms with van der Waals surface area (Å²) in [4.78, 5) is 3.88. The van der Waals surface area contributed by atoms with Gasteiger partial charge in [-0.05, 0) is 18.6 Å². The number of sulfone groups is 2. The van der Waals surface area contributed by atoms with Gasteiger partial charge in [-0.25, -0.2) is 16.8 Å². The summed E-state index contributed by atoms with van der Waals surface area (Å²) >= 11 is 0. The molecule has 0 amide bonds. The smallest absolute Gasteiger partial charge is 0.316 e. The average molecular weight is 318 g/mol. The maximum Gasteiger partial charge on any atom is 0.316 e. The predicted molar refractivity (Wildman–Crippen MR) is 74.8 cm³/mol. The van der Waals surface area contributed by atoms with Crippen LogP contribution < -0.4 is 5.73 Å². The molecule has 0 aliphatic heterocycles. The monoisotopic (exact) mass is 318 g/mol. The quantitative estimate of drug-likeness (QED) is 0.802. The van der Waals surface area contributed by atoms with Crippen LogP contribution in [-0.2, 0) is 19.7 Å². The zero-order chi connectivity index (χ0) is 15.0. The third-order valence-electron chi connectivity index (χ3n) is 2.59. The van der Waals surface area contributed by atoms with E-state index in [0.717, 1.165) is 6.26 Å². The van der Waals surface area contributed by atoms with Crippen molar-refractivity contribution in [3.63, 3.8) is 0 Å². The van der Waals surface area contributed by atoms with Crippen LogP contribution in [0.4, 0.5) is 5.69 Å². The lowest BCUT2D eigenvalue weighted by Gasteiger charge is -1.99. The number of fused-ring (bicyclic) bond motifs is 1. The maximum absolute atomic E-state index is 12.0. The number of nitrogens with two attached hydrogens (primary N) is 1. The molecule has 9 heteroatoms. The minimum atomic E-state index is -3.74. The van der Waals surface area contributed by atoms with Crippen molar-refractivity contribution in [3.05, 3.63) is 18.2 Å². The summed E-state index contributed by atoms with van der Waals surface area (Å²) in [6.07, 6.45) is 1.06. The molecular weight excluding hydrogens is 304 g/mol. The van der Waals surface area contributed by atoms with Gasteiger partial charge in [0, 0.05) is 18.0 Å². The molecule has 1 heterocycles. The van der Waals surface area contributed by atoms with E-state index in [1.54, 1.807) is 12.1 Å². The number of nitrogens with zero attached hydrogens (tertiary/aromatic N) is 1. The first-order valence-electron chi connectivity index (χ1n) is 5.74. The first kappa shape index (κ1) is 14.8.